The van der Waals surface area contributed by atoms with Crippen molar-refractivity contribution in [1.29, 1.82) is 0 Å². The molecule has 1 fully saturated rings. The van der Waals surface area contributed by atoms with Gasteiger partial charge in [-0.3, -0.25) is 4.79 Å². The number of fused-ring (bicyclic) bond motifs is 2. The van der Waals surface area contributed by atoms with Gasteiger partial charge in [0.1, 0.15) is 11.6 Å². The van der Waals surface area contributed by atoms with Crippen molar-refractivity contribution in [2.24, 2.45) is 5.73 Å². The highest BCUT2D eigenvalue weighted by atomic mass is 35.5. The molecule has 0 bridgehead atoms. The zero-order valence-electron chi connectivity index (χ0n) is 19.4. The van der Waals surface area contributed by atoms with E-state index in [1.54, 1.807) is 0 Å². The summed E-state index contributed by atoms with van der Waals surface area (Å²) < 4.78 is 38.0. The Morgan fingerprint density at radius 1 is 1.08 bits per heavy atom. The first-order chi connectivity index (χ1) is 17.4. The summed E-state index contributed by atoms with van der Waals surface area (Å²) in [6.07, 6.45) is 2.16. The van der Waals surface area contributed by atoms with E-state index in [2.05, 4.69) is 16.0 Å². The van der Waals surface area contributed by atoms with Gasteiger partial charge in [-0.25, -0.2) is 8.78 Å². The highest BCUT2D eigenvalue weighted by molar-refractivity contribution is 6.34. The zero-order chi connectivity index (χ0) is 25.0. The summed E-state index contributed by atoms with van der Waals surface area (Å²) in [4.78, 5) is 12.5. The van der Waals surface area contributed by atoms with Gasteiger partial charge in [0, 0.05) is 42.3 Å². The summed E-state index contributed by atoms with van der Waals surface area (Å²) in [7, 11) is 0. The molecule has 186 valence electrons. The summed E-state index contributed by atoms with van der Waals surface area (Å²) in [6.45, 7) is 1.88. The molecule has 6 nitrogen and oxygen atoms in total. The average molecular weight is 511 g/mol. The molecule has 3 aromatic carbocycles. The third-order valence-corrected chi connectivity index (χ3v) is 7.80. The maximum Gasteiger partial charge on any atom is 0.249 e. The third kappa shape index (κ3) is 3.43. The molecule has 0 radical (unpaired) electrons. The molecule has 1 amide bonds. The summed E-state index contributed by atoms with van der Waals surface area (Å²) in [6, 6.07) is 12.4. The average Bonchev–Trinajstić information content (AvgIpc) is 3.55. The number of ether oxygens (including phenoxy) is 1. The first-order valence-corrected chi connectivity index (χ1v) is 12.4. The number of hydrogen-bond acceptors (Lipinski definition) is 5. The van der Waals surface area contributed by atoms with Gasteiger partial charge in [0.15, 0.2) is 11.4 Å². The second-order valence-electron chi connectivity index (χ2n) is 9.46. The van der Waals surface area contributed by atoms with E-state index in [0.717, 1.165) is 24.9 Å². The van der Waals surface area contributed by atoms with Crippen LogP contribution in [0.2, 0.25) is 5.02 Å². The maximum absolute atomic E-state index is 16.1. The van der Waals surface area contributed by atoms with E-state index in [9.17, 15) is 4.79 Å². The molecule has 36 heavy (non-hydrogen) atoms. The van der Waals surface area contributed by atoms with Crippen LogP contribution in [0.4, 0.5) is 20.2 Å². The van der Waals surface area contributed by atoms with E-state index >= 15 is 8.78 Å². The molecular formula is C27H25ClF2N4O2. The van der Waals surface area contributed by atoms with Crippen molar-refractivity contribution < 1.29 is 18.3 Å². The molecule has 6 rings (SSSR count). The molecule has 1 saturated heterocycles. The van der Waals surface area contributed by atoms with Crippen LogP contribution in [-0.4, -0.2) is 31.6 Å². The highest BCUT2D eigenvalue weighted by Gasteiger charge is 2.50. The van der Waals surface area contributed by atoms with Crippen molar-refractivity contribution >= 4 is 28.9 Å². The molecule has 3 aromatic rings. The number of nitrogens with two attached hydrogens (primary N) is 1. The Kier molecular flexibility index (Phi) is 5.53. The summed E-state index contributed by atoms with van der Waals surface area (Å²) in [5, 5.41) is 9.36. The van der Waals surface area contributed by atoms with Crippen LogP contribution < -0.4 is 26.4 Å². The SMILES string of the molecule is NC(=O)c1cc2c(c(F)c1-c1c(Cl)c(F)cc3c1C[C@](c1ccccc1)([C@@H]1CCCN1)O3)NCCN2. The number of nitrogens with one attached hydrogen (secondary N) is 3. The van der Waals surface area contributed by atoms with Gasteiger partial charge in [-0.05, 0) is 31.0 Å². The molecule has 0 aliphatic carbocycles. The van der Waals surface area contributed by atoms with E-state index in [1.807, 2.05) is 30.3 Å². The Morgan fingerprint density at radius 3 is 2.58 bits per heavy atom. The van der Waals surface area contributed by atoms with Crippen LogP contribution in [0.25, 0.3) is 11.1 Å². The predicted molar refractivity (Wildman–Crippen MR) is 136 cm³/mol. The monoisotopic (exact) mass is 510 g/mol. The Labute approximate surface area is 212 Å². The Morgan fingerprint density at radius 2 is 1.86 bits per heavy atom. The number of halogens is 3. The first-order valence-electron chi connectivity index (χ1n) is 12.0. The standard InChI is InChI=1S/C27H25ClF2N4O2/c28-23-17(29)12-19-16(13-27(36-19,20-7-4-8-33-20)14-5-2-1-3-6-14)21(23)22-15(26(31)35)11-18-25(24(22)30)34-10-9-32-18/h1-3,5-6,11-12,20,32-34H,4,7-10,13H2,(H2,31,35)/t20-,27-/m0/s1. The van der Waals surface area contributed by atoms with Crippen LogP contribution in [0, 0.1) is 11.6 Å². The zero-order valence-corrected chi connectivity index (χ0v) is 20.1. The summed E-state index contributed by atoms with van der Waals surface area (Å²) in [5.74, 6) is -2.02. The fourth-order valence-corrected chi connectivity index (χ4v) is 6.07. The first kappa shape index (κ1) is 23.1. The number of primary amides is 1. The van der Waals surface area contributed by atoms with Crippen molar-refractivity contribution in [2.45, 2.75) is 30.9 Å². The molecular weight excluding hydrogens is 486 g/mol. The maximum atomic E-state index is 16.1. The topological polar surface area (TPSA) is 88.4 Å². The fourth-order valence-electron chi connectivity index (χ4n) is 5.81. The summed E-state index contributed by atoms with van der Waals surface area (Å²) >= 11 is 6.54. The van der Waals surface area contributed by atoms with Gasteiger partial charge >= 0.3 is 0 Å². The highest BCUT2D eigenvalue weighted by Crippen LogP contribution is 2.53. The molecule has 3 heterocycles. The van der Waals surface area contributed by atoms with Crippen molar-refractivity contribution in [3.05, 3.63) is 75.8 Å². The lowest BCUT2D eigenvalue weighted by Crippen LogP contribution is -2.48. The lowest BCUT2D eigenvalue weighted by Gasteiger charge is -2.35. The number of hydrogen-bond donors (Lipinski definition) is 4. The number of anilines is 2. The van der Waals surface area contributed by atoms with E-state index in [0.29, 0.717) is 30.8 Å². The second-order valence-corrected chi connectivity index (χ2v) is 9.84. The van der Waals surface area contributed by atoms with Crippen LogP contribution in [0.1, 0.15) is 34.3 Å². The van der Waals surface area contributed by atoms with Crippen LogP contribution in [-0.2, 0) is 12.0 Å². The molecule has 0 saturated carbocycles. The van der Waals surface area contributed by atoms with Gasteiger partial charge in [0.05, 0.1) is 28.0 Å². The minimum Gasteiger partial charge on any atom is -0.480 e. The van der Waals surface area contributed by atoms with Crippen LogP contribution in [0.3, 0.4) is 0 Å². The van der Waals surface area contributed by atoms with Crippen LogP contribution in [0.5, 0.6) is 5.75 Å². The van der Waals surface area contributed by atoms with Gasteiger partial charge in [-0.2, -0.15) is 0 Å². The Hall–Kier alpha value is -3.36. The molecule has 0 unspecified atom stereocenters. The third-order valence-electron chi connectivity index (χ3n) is 7.43. The van der Waals surface area contributed by atoms with Gasteiger partial charge in [0.2, 0.25) is 5.91 Å². The van der Waals surface area contributed by atoms with Crippen LogP contribution in [0.15, 0.2) is 42.5 Å². The van der Waals surface area contributed by atoms with Crippen molar-refractivity contribution in [3.8, 4) is 16.9 Å². The van der Waals surface area contributed by atoms with Gasteiger partial charge in [-0.1, -0.05) is 41.9 Å². The largest absolute Gasteiger partial charge is 0.480 e. The Balaban J connectivity index is 1.60. The van der Waals surface area contributed by atoms with Gasteiger partial charge in [-0.15, -0.1) is 0 Å². The molecule has 9 heteroatoms. The number of benzene rings is 3. The molecule has 2 atom stereocenters. The number of carbonyl (C=O) groups excluding carboxylic acids is 1. The predicted octanol–water partition coefficient (Wildman–Crippen LogP) is 4.80. The Bertz CT molecular complexity index is 1380. The van der Waals surface area contributed by atoms with E-state index in [-0.39, 0.29) is 39.2 Å². The summed E-state index contributed by atoms with van der Waals surface area (Å²) in [5.41, 5.74) is 6.85. The normalized spacial score (nSPS) is 22.2. The fraction of sp³-hybridized carbons (Fsp3) is 0.296. The lowest BCUT2D eigenvalue weighted by atomic mass is 9.80. The van der Waals surface area contributed by atoms with Gasteiger partial charge in [0.25, 0.3) is 0 Å². The van der Waals surface area contributed by atoms with Crippen molar-refractivity contribution in [3.63, 3.8) is 0 Å². The van der Waals surface area contributed by atoms with E-state index < -0.39 is 23.1 Å². The number of carbonyl (C=O) groups is 1. The minimum atomic E-state index is -0.844. The molecule has 0 spiro atoms. The second kappa shape index (κ2) is 8.64. The quantitative estimate of drug-likeness (QED) is 0.405. The lowest BCUT2D eigenvalue weighted by molar-refractivity contribution is 0.0539. The van der Waals surface area contributed by atoms with E-state index in [1.165, 1.54) is 12.1 Å². The molecule has 0 aromatic heterocycles. The smallest absolute Gasteiger partial charge is 0.249 e. The number of amides is 1. The molecule has 3 aliphatic rings. The van der Waals surface area contributed by atoms with Crippen molar-refractivity contribution in [2.75, 3.05) is 30.3 Å². The van der Waals surface area contributed by atoms with Crippen LogP contribution >= 0.6 is 11.6 Å². The van der Waals surface area contributed by atoms with E-state index in [4.69, 9.17) is 22.1 Å². The number of rotatable bonds is 4. The molecule has 3 aliphatic heterocycles. The minimum absolute atomic E-state index is 0.0446. The van der Waals surface area contributed by atoms with Gasteiger partial charge < -0.3 is 26.4 Å². The molecule has 5 N–H and O–H groups in total. The van der Waals surface area contributed by atoms with Crippen molar-refractivity contribution in [1.82, 2.24) is 5.32 Å².